The van der Waals surface area contributed by atoms with E-state index in [2.05, 4.69) is 20.0 Å². The molecule has 0 fully saturated rings. The standard InChI is InChI=1S/C14H16N4O3S/c1-22(20,21)18-10-13-7-12(4-6-16-13)14(19)17-9-11-3-2-5-15-8-11/h2-8,18H,9-10H2,1H3,(H,17,19). The van der Waals surface area contributed by atoms with E-state index < -0.39 is 10.0 Å². The maximum atomic E-state index is 12.1. The Morgan fingerprint density at radius 2 is 2.05 bits per heavy atom. The molecule has 2 rings (SSSR count). The topological polar surface area (TPSA) is 101 Å². The van der Waals surface area contributed by atoms with Gasteiger partial charge in [-0.25, -0.2) is 13.1 Å². The zero-order valence-electron chi connectivity index (χ0n) is 12.0. The minimum Gasteiger partial charge on any atom is -0.348 e. The molecule has 2 aromatic heterocycles. The number of aromatic nitrogens is 2. The first-order valence-electron chi connectivity index (χ1n) is 6.51. The van der Waals surface area contributed by atoms with Gasteiger partial charge in [0.2, 0.25) is 10.0 Å². The molecule has 8 heteroatoms. The van der Waals surface area contributed by atoms with Crippen LogP contribution in [0.2, 0.25) is 0 Å². The average Bonchev–Trinajstić information content (AvgIpc) is 2.51. The molecule has 22 heavy (non-hydrogen) atoms. The molecule has 0 atom stereocenters. The quantitative estimate of drug-likeness (QED) is 0.805. The van der Waals surface area contributed by atoms with Crippen LogP contribution in [0.15, 0.2) is 42.9 Å². The van der Waals surface area contributed by atoms with Gasteiger partial charge < -0.3 is 5.32 Å². The van der Waals surface area contributed by atoms with Crippen LogP contribution in [0.4, 0.5) is 0 Å². The van der Waals surface area contributed by atoms with Gasteiger partial charge in [0.15, 0.2) is 0 Å². The summed E-state index contributed by atoms with van der Waals surface area (Å²) in [4.78, 5) is 20.1. The van der Waals surface area contributed by atoms with Crippen molar-refractivity contribution in [1.29, 1.82) is 0 Å². The Balaban J connectivity index is 1.98. The Labute approximate surface area is 128 Å². The van der Waals surface area contributed by atoms with Crippen molar-refractivity contribution in [3.8, 4) is 0 Å². The van der Waals surface area contributed by atoms with E-state index in [-0.39, 0.29) is 12.5 Å². The Morgan fingerprint density at radius 1 is 1.23 bits per heavy atom. The van der Waals surface area contributed by atoms with Crippen molar-refractivity contribution >= 4 is 15.9 Å². The predicted molar refractivity (Wildman–Crippen MR) is 81.3 cm³/mol. The van der Waals surface area contributed by atoms with Crippen molar-refractivity contribution in [2.75, 3.05) is 6.26 Å². The van der Waals surface area contributed by atoms with Crippen LogP contribution in [-0.4, -0.2) is 30.5 Å². The van der Waals surface area contributed by atoms with Crippen molar-refractivity contribution in [2.24, 2.45) is 0 Å². The van der Waals surface area contributed by atoms with E-state index in [1.165, 1.54) is 6.20 Å². The average molecular weight is 320 g/mol. The van der Waals surface area contributed by atoms with Crippen LogP contribution in [0.25, 0.3) is 0 Å². The van der Waals surface area contributed by atoms with E-state index in [4.69, 9.17) is 0 Å². The lowest BCUT2D eigenvalue weighted by Crippen LogP contribution is -2.24. The van der Waals surface area contributed by atoms with E-state index in [1.54, 1.807) is 30.6 Å². The van der Waals surface area contributed by atoms with Gasteiger partial charge >= 0.3 is 0 Å². The zero-order valence-corrected chi connectivity index (χ0v) is 12.8. The molecule has 0 spiro atoms. The Morgan fingerprint density at radius 3 is 2.73 bits per heavy atom. The molecule has 2 aromatic rings. The molecule has 2 N–H and O–H groups in total. The van der Waals surface area contributed by atoms with Gasteiger partial charge in [0, 0.05) is 30.7 Å². The second-order valence-electron chi connectivity index (χ2n) is 4.67. The fourth-order valence-electron chi connectivity index (χ4n) is 1.71. The van der Waals surface area contributed by atoms with Crippen LogP contribution in [0, 0.1) is 0 Å². The summed E-state index contributed by atoms with van der Waals surface area (Å²) < 4.78 is 24.4. The van der Waals surface area contributed by atoms with Gasteiger partial charge in [-0.2, -0.15) is 0 Å². The summed E-state index contributed by atoms with van der Waals surface area (Å²) in [6.45, 7) is 0.411. The number of pyridine rings is 2. The molecular formula is C14H16N4O3S. The fourth-order valence-corrected chi connectivity index (χ4v) is 2.12. The van der Waals surface area contributed by atoms with Gasteiger partial charge in [-0.3, -0.25) is 14.8 Å². The second-order valence-corrected chi connectivity index (χ2v) is 6.51. The molecule has 2 heterocycles. The monoisotopic (exact) mass is 320 g/mol. The van der Waals surface area contributed by atoms with Crippen LogP contribution in [0.3, 0.4) is 0 Å². The number of rotatable bonds is 6. The number of carbonyl (C=O) groups is 1. The number of nitrogens with one attached hydrogen (secondary N) is 2. The first-order chi connectivity index (χ1) is 10.4. The molecule has 1 amide bonds. The lowest BCUT2D eigenvalue weighted by molar-refractivity contribution is 0.0950. The van der Waals surface area contributed by atoms with Crippen LogP contribution >= 0.6 is 0 Å². The highest BCUT2D eigenvalue weighted by Crippen LogP contribution is 2.03. The van der Waals surface area contributed by atoms with Crippen LogP contribution in [0.1, 0.15) is 21.6 Å². The SMILES string of the molecule is CS(=O)(=O)NCc1cc(C(=O)NCc2cccnc2)ccn1. The highest BCUT2D eigenvalue weighted by Gasteiger charge is 2.08. The summed E-state index contributed by atoms with van der Waals surface area (Å²) in [6, 6.07) is 6.78. The van der Waals surface area contributed by atoms with Gasteiger partial charge in [0.05, 0.1) is 18.5 Å². The summed E-state index contributed by atoms with van der Waals surface area (Å²) >= 11 is 0. The van der Waals surface area contributed by atoms with Crippen LogP contribution < -0.4 is 10.0 Å². The molecule has 0 radical (unpaired) electrons. The van der Waals surface area contributed by atoms with Crippen molar-refractivity contribution in [3.63, 3.8) is 0 Å². The third kappa shape index (κ3) is 5.23. The normalized spacial score (nSPS) is 11.1. The largest absolute Gasteiger partial charge is 0.348 e. The number of hydrogen-bond acceptors (Lipinski definition) is 5. The van der Waals surface area contributed by atoms with Gasteiger partial charge in [-0.1, -0.05) is 6.07 Å². The van der Waals surface area contributed by atoms with Crippen molar-refractivity contribution in [3.05, 3.63) is 59.7 Å². The third-order valence-corrected chi connectivity index (χ3v) is 3.44. The Kier molecular flexibility index (Phi) is 5.18. The first kappa shape index (κ1) is 16.1. The molecule has 0 aliphatic rings. The van der Waals surface area contributed by atoms with Gasteiger partial charge in [-0.05, 0) is 23.8 Å². The second kappa shape index (κ2) is 7.10. The van der Waals surface area contributed by atoms with E-state index >= 15 is 0 Å². The summed E-state index contributed by atoms with van der Waals surface area (Å²) in [5.41, 5.74) is 1.78. The highest BCUT2D eigenvalue weighted by atomic mass is 32.2. The molecule has 0 bridgehead atoms. The van der Waals surface area contributed by atoms with E-state index in [1.807, 2.05) is 6.07 Å². The summed E-state index contributed by atoms with van der Waals surface area (Å²) in [6.07, 6.45) is 5.87. The Hall–Kier alpha value is -2.32. The summed E-state index contributed by atoms with van der Waals surface area (Å²) in [5, 5.41) is 2.77. The van der Waals surface area contributed by atoms with Gasteiger partial charge in [0.1, 0.15) is 0 Å². The fraction of sp³-hybridized carbons (Fsp3) is 0.214. The maximum Gasteiger partial charge on any atom is 0.251 e. The Bertz CT molecular complexity index is 748. The highest BCUT2D eigenvalue weighted by molar-refractivity contribution is 7.88. The van der Waals surface area contributed by atoms with E-state index in [9.17, 15) is 13.2 Å². The number of carbonyl (C=O) groups excluding carboxylic acids is 1. The molecule has 116 valence electrons. The van der Waals surface area contributed by atoms with Gasteiger partial charge in [-0.15, -0.1) is 0 Å². The van der Waals surface area contributed by atoms with Crippen molar-refractivity contribution in [1.82, 2.24) is 20.0 Å². The predicted octanol–water partition coefficient (Wildman–Crippen LogP) is 0.456. The number of nitrogens with zero attached hydrogens (tertiary/aromatic N) is 2. The number of hydrogen-bond donors (Lipinski definition) is 2. The zero-order chi connectivity index (χ0) is 16.0. The lowest BCUT2D eigenvalue weighted by Gasteiger charge is -2.07. The molecule has 7 nitrogen and oxygen atoms in total. The smallest absolute Gasteiger partial charge is 0.251 e. The molecule has 0 aromatic carbocycles. The molecule has 0 unspecified atom stereocenters. The molecule has 0 saturated carbocycles. The van der Waals surface area contributed by atoms with E-state index in [0.29, 0.717) is 17.8 Å². The van der Waals surface area contributed by atoms with Gasteiger partial charge in [0.25, 0.3) is 5.91 Å². The molecular weight excluding hydrogens is 304 g/mol. The summed E-state index contributed by atoms with van der Waals surface area (Å²) in [5.74, 6) is -0.258. The molecule has 0 saturated heterocycles. The van der Waals surface area contributed by atoms with Crippen LogP contribution in [-0.2, 0) is 23.1 Å². The van der Waals surface area contributed by atoms with Crippen molar-refractivity contribution in [2.45, 2.75) is 13.1 Å². The maximum absolute atomic E-state index is 12.1. The van der Waals surface area contributed by atoms with E-state index in [0.717, 1.165) is 11.8 Å². The lowest BCUT2D eigenvalue weighted by atomic mass is 10.2. The molecule has 0 aliphatic heterocycles. The molecule has 0 aliphatic carbocycles. The summed E-state index contributed by atoms with van der Waals surface area (Å²) in [7, 11) is -3.30. The minimum absolute atomic E-state index is 0.0442. The van der Waals surface area contributed by atoms with Crippen LogP contribution in [0.5, 0.6) is 0 Å². The van der Waals surface area contributed by atoms with Crippen molar-refractivity contribution < 1.29 is 13.2 Å². The third-order valence-electron chi connectivity index (χ3n) is 2.77. The minimum atomic E-state index is -3.30. The number of sulfonamides is 1. The first-order valence-corrected chi connectivity index (χ1v) is 8.40. The number of amides is 1.